The first-order valence-corrected chi connectivity index (χ1v) is 9.44. The molecule has 2 rings (SSSR count). The van der Waals surface area contributed by atoms with Crippen LogP contribution in [0, 0.1) is 0 Å². The number of nitrogens with one attached hydrogen (secondary N) is 1. The molecule has 5 nitrogen and oxygen atoms in total. The molecule has 1 amide bonds. The van der Waals surface area contributed by atoms with Crippen LogP contribution in [0.3, 0.4) is 0 Å². The minimum Gasteiger partial charge on any atom is -0.391 e. The Hall–Kier alpha value is -2.02. The molecule has 0 aliphatic heterocycles. The maximum absolute atomic E-state index is 12.5. The van der Waals surface area contributed by atoms with Gasteiger partial charge in [-0.15, -0.1) is 0 Å². The molecular formula is C19H18BrCl2N3O2. The van der Waals surface area contributed by atoms with Crippen molar-refractivity contribution in [3.63, 3.8) is 0 Å². The Kier molecular flexibility index (Phi) is 8.16. The second kappa shape index (κ2) is 10.3. The minimum atomic E-state index is -0.303. The molecule has 2 aromatic rings. The number of nitrogens with zero attached hydrogens (tertiary/aromatic N) is 2. The van der Waals surface area contributed by atoms with Crippen molar-refractivity contribution in [1.29, 1.82) is 0 Å². The minimum absolute atomic E-state index is 0.163. The molecule has 1 N–H and O–H groups in total. The number of halogens is 3. The quantitative estimate of drug-likeness (QED) is 0.337. The third kappa shape index (κ3) is 7.25. The zero-order valence-electron chi connectivity index (χ0n) is 14.7. The second-order valence-corrected chi connectivity index (χ2v) is 7.51. The van der Waals surface area contributed by atoms with E-state index in [1.165, 1.54) is 6.21 Å². The fourth-order valence-corrected chi connectivity index (χ4v) is 2.73. The maximum atomic E-state index is 12.5. The lowest BCUT2D eigenvalue weighted by Gasteiger charge is -2.10. The van der Waals surface area contributed by atoms with Gasteiger partial charge in [-0.3, -0.25) is 4.79 Å². The van der Waals surface area contributed by atoms with Crippen molar-refractivity contribution in [3.8, 4) is 0 Å². The number of carbonyl (C=O) groups is 1. The summed E-state index contributed by atoms with van der Waals surface area (Å²) in [4.78, 5) is 19.5. The van der Waals surface area contributed by atoms with Crippen molar-refractivity contribution in [2.24, 2.45) is 5.16 Å². The zero-order chi connectivity index (χ0) is 19.8. The van der Waals surface area contributed by atoms with Gasteiger partial charge in [-0.1, -0.05) is 50.4 Å². The Balaban J connectivity index is 2.01. The second-order valence-electron chi connectivity index (χ2n) is 5.75. The summed E-state index contributed by atoms with van der Waals surface area (Å²) in [5.74, 6) is -0.303. The summed E-state index contributed by atoms with van der Waals surface area (Å²) in [5, 5.41) is 7.74. The van der Waals surface area contributed by atoms with Gasteiger partial charge in [-0.25, -0.2) is 0 Å². The molecule has 0 radical (unpaired) electrons. The summed E-state index contributed by atoms with van der Waals surface area (Å²) in [6.45, 7) is 0.163. The van der Waals surface area contributed by atoms with Crippen LogP contribution in [-0.4, -0.2) is 31.1 Å². The van der Waals surface area contributed by atoms with Gasteiger partial charge in [-0.05, 0) is 36.4 Å². The molecule has 0 unspecified atom stereocenters. The summed E-state index contributed by atoms with van der Waals surface area (Å²) in [7, 11) is 3.63. The number of hydrogen-bond acceptors (Lipinski definition) is 4. The van der Waals surface area contributed by atoms with Gasteiger partial charge in [0.15, 0.2) is 0 Å². The highest BCUT2D eigenvalue weighted by Gasteiger charge is 2.09. The summed E-state index contributed by atoms with van der Waals surface area (Å²) < 4.78 is 0.931. The highest BCUT2D eigenvalue weighted by molar-refractivity contribution is 9.10. The Bertz CT molecular complexity index is 853. The fraction of sp³-hybridized carbons (Fsp3) is 0.158. The molecule has 142 valence electrons. The third-order valence-corrected chi connectivity index (χ3v) is 4.38. The molecule has 0 heterocycles. The van der Waals surface area contributed by atoms with Crippen LogP contribution in [0.25, 0.3) is 0 Å². The molecule has 0 atom stereocenters. The third-order valence-electron chi connectivity index (χ3n) is 3.26. The van der Waals surface area contributed by atoms with Gasteiger partial charge in [0, 0.05) is 46.1 Å². The average Bonchev–Trinajstić information content (AvgIpc) is 2.60. The van der Waals surface area contributed by atoms with E-state index in [1.54, 1.807) is 41.4 Å². The molecule has 0 saturated heterocycles. The predicted octanol–water partition coefficient (Wildman–Crippen LogP) is 5.34. The summed E-state index contributed by atoms with van der Waals surface area (Å²) in [6, 6.07) is 12.4. The average molecular weight is 471 g/mol. The number of rotatable bonds is 7. The van der Waals surface area contributed by atoms with E-state index in [9.17, 15) is 4.79 Å². The van der Waals surface area contributed by atoms with Crippen LogP contribution in [-0.2, 0) is 16.2 Å². The Labute approximate surface area is 176 Å². The Morgan fingerprint density at radius 3 is 2.56 bits per heavy atom. The van der Waals surface area contributed by atoms with E-state index in [0.717, 1.165) is 10.0 Å². The first kappa shape index (κ1) is 21.3. The SMILES string of the molecule is CN(C)/C=C(/C=N\OCc1ccc(Cl)cc1Cl)C(=O)Nc1ccc(Br)cc1. The van der Waals surface area contributed by atoms with Crippen LogP contribution in [0.5, 0.6) is 0 Å². The van der Waals surface area contributed by atoms with Gasteiger partial charge in [0.2, 0.25) is 0 Å². The molecule has 2 aromatic carbocycles. The molecule has 0 saturated carbocycles. The number of oxime groups is 1. The summed E-state index contributed by atoms with van der Waals surface area (Å²) >= 11 is 15.3. The molecule has 0 spiro atoms. The Morgan fingerprint density at radius 1 is 1.22 bits per heavy atom. The normalized spacial score (nSPS) is 11.5. The fourth-order valence-electron chi connectivity index (χ4n) is 2.00. The van der Waals surface area contributed by atoms with E-state index >= 15 is 0 Å². The van der Waals surface area contributed by atoms with E-state index in [4.69, 9.17) is 28.0 Å². The molecule has 27 heavy (non-hydrogen) atoms. The molecule has 8 heteroatoms. The van der Waals surface area contributed by atoms with Crippen molar-refractivity contribution in [3.05, 3.63) is 74.3 Å². The van der Waals surface area contributed by atoms with Crippen molar-refractivity contribution < 1.29 is 9.63 Å². The molecule has 0 aromatic heterocycles. The number of carbonyl (C=O) groups excluding carboxylic acids is 1. The summed E-state index contributed by atoms with van der Waals surface area (Å²) in [5.41, 5.74) is 1.76. The maximum Gasteiger partial charge on any atom is 0.258 e. The van der Waals surface area contributed by atoms with Gasteiger partial charge < -0.3 is 15.1 Å². The van der Waals surface area contributed by atoms with Crippen molar-refractivity contribution in [1.82, 2.24) is 4.90 Å². The topological polar surface area (TPSA) is 53.9 Å². The Morgan fingerprint density at radius 2 is 1.93 bits per heavy atom. The van der Waals surface area contributed by atoms with Crippen LogP contribution in [0.1, 0.15) is 5.56 Å². The lowest BCUT2D eigenvalue weighted by Crippen LogP contribution is -2.18. The van der Waals surface area contributed by atoms with Crippen LogP contribution in [0.15, 0.2) is 63.9 Å². The van der Waals surface area contributed by atoms with E-state index in [1.807, 2.05) is 26.2 Å². The monoisotopic (exact) mass is 469 g/mol. The highest BCUT2D eigenvalue weighted by Crippen LogP contribution is 2.21. The van der Waals surface area contributed by atoms with Gasteiger partial charge in [0.25, 0.3) is 5.91 Å². The largest absolute Gasteiger partial charge is 0.391 e. The van der Waals surface area contributed by atoms with Crippen molar-refractivity contribution >= 4 is 56.9 Å². The predicted molar refractivity (Wildman–Crippen MR) is 114 cm³/mol. The number of amides is 1. The molecule has 0 aliphatic carbocycles. The van der Waals surface area contributed by atoms with Gasteiger partial charge in [-0.2, -0.15) is 0 Å². The standard InChI is InChI=1S/C19H18BrCl2N3O2/c1-25(2)11-14(19(26)24-17-7-4-15(20)5-8-17)10-23-27-12-13-3-6-16(21)9-18(13)22/h3-11H,12H2,1-2H3,(H,24,26)/b14-11-,23-10-. The van der Waals surface area contributed by atoms with Crippen LogP contribution in [0.2, 0.25) is 10.0 Å². The zero-order valence-corrected chi connectivity index (χ0v) is 17.8. The van der Waals surface area contributed by atoms with E-state index in [-0.39, 0.29) is 12.5 Å². The highest BCUT2D eigenvalue weighted by atomic mass is 79.9. The molecule has 0 bridgehead atoms. The lowest BCUT2D eigenvalue weighted by molar-refractivity contribution is -0.112. The van der Waals surface area contributed by atoms with Crippen LogP contribution < -0.4 is 5.32 Å². The number of benzene rings is 2. The van der Waals surface area contributed by atoms with Gasteiger partial charge in [0.1, 0.15) is 6.61 Å². The van der Waals surface area contributed by atoms with Crippen molar-refractivity contribution in [2.75, 3.05) is 19.4 Å². The van der Waals surface area contributed by atoms with E-state index < -0.39 is 0 Å². The molecule has 0 fully saturated rings. The van der Waals surface area contributed by atoms with Gasteiger partial charge in [0.05, 0.1) is 11.8 Å². The van der Waals surface area contributed by atoms with E-state index in [0.29, 0.717) is 21.3 Å². The van der Waals surface area contributed by atoms with Crippen LogP contribution >= 0.6 is 39.1 Å². The summed E-state index contributed by atoms with van der Waals surface area (Å²) in [6.07, 6.45) is 3.01. The lowest BCUT2D eigenvalue weighted by atomic mass is 10.2. The van der Waals surface area contributed by atoms with Gasteiger partial charge >= 0.3 is 0 Å². The van der Waals surface area contributed by atoms with Crippen molar-refractivity contribution in [2.45, 2.75) is 6.61 Å². The first-order valence-electron chi connectivity index (χ1n) is 7.89. The number of anilines is 1. The smallest absolute Gasteiger partial charge is 0.258 e. The number of hydrogen-bond donors (Lipinski definition) is 1. The van der Waals surface area contributed by atoms with E-state index in [2.05, 4.69) is 26.4 Å². The molecular weight excluding hydrogens is 453 g/mol. The molecule has 0 aliphatic rings. The first-order chi connectivity index (χ1) is 12.8. The van der Waals surface area contributed by atoms with Crippen LogP contribution in [0.4, 0.5) is 5.69 Å².